The van der Waals surface area contributed by atoms with Crippen LogP contribution in [0.25, 0.3) is 0 Å². The summed E-state index contributed by atoms with van der Waals surface area (Å²) >= 11 is 0. The fourth-order valence-corrected chi connectivity index (χ4v) is 5.14. The van der Waals surface area contributed by atoms with Crippen molar-refractivity contribution >= 4 is 11.9 Å². The van der Waals surface area contributed by atoms with Gasteiger partial charge in [-0.05, 0) is 33.1 Å². The molecule has 0 amide bonds. The van der Waals surface area contributed by atoms with Gasteiger partial charge in [-0.2, -0.15) is 105 Å². The Morgan fingerprint density at radius 2 is 0.855 bits per heavy atom. The number of aliphatic hydroxyl groups is 2. The minimum Gasteiger partial charge on any atom is -0.417 e. The van der Waals surface area contributed by atoms with Crippen LogP contribution in [-0.4, -0.2) is 118 Å². The van der Waals surface area contributed by atoms with Crippen LogP contribution in [-0.2, 0) is 28.5 Å². The summed E-state index contributed by atoms with van der Waals surface area (Å²) in [6.45, 7) is 0.946. The van der Waals surface area contributed by atoms with Crippen molar-refractivity contribution < 1.29 is 153 Å². The first kappa shape index (κ1) is 57.0. The third-order valence-corrected chi connectivity index (χ3v) is 9.80. The molecule has 2 heterocycles. The first-order chi connectivity index (χ1) is 26.8. The van der Waals surface area contributed by atoms with Crippen LogP contribution in [0, 0.1) is 10.8 Å². The van der Waals surface area contributed by atoms with E-state index in [1.165, 1.54) is 0 Å². The van der Waals surface area contributed by atoms with Crippen LogP contribution in [0.5, 0.6) is 0 Å². The van der Waals surface area contributed by atoms with E-state index in [0.717, 1.165) is 0 Å². The monoisotopic (exact) mass is 984 g/mol. The highest BCUT2D eigenvalue weighted by Crippen LogP contribution is 2.64. The number of carbonyl (C=O) groups is 2. The Morgan fingerprint density at radius 1 is 0.532 bits per heavy atom. The van der Waals surface area contributed by atoms with Crippen LogP contribution in [0.1, 0.15) is 53.9 Å². The molecule has 0 spiro atoms. The molecule has 0 aromatic heterocycles. The van der Waals surface area contributed by atoms with Crippen molar-refractivity contribution in [3.63, 3.8) is 0 Å². The minimum atomic E-state index is -7.03. The van der Waals surface area contributed by atoms with Gasteiger partial charge < -0.3 is 29.2 Å². The number of hydrogen-bond donors (Lipinski definition) is 2. The van der Waals surface area contributed by atoms with Crippen molar-refractivity contribution in [2.75, 3.05) is 0 Å². The standard InChI is InChI=1S/C15H15F13O4.C13H11F13O4/c1-4-8(3,13(20,21)22)7(30)31-12(15(26,27)28)11(18,19)6(29)10(16,17)9(5-2,32-12)14(23,24)25;1-3-7(2,12(21,22)23)6(28)30-11(13(24,25)26)9(16,17)4(27)8(14,15)5(29-11)10(18,19)20/h6,29H,4-5H2,1-3H3;4-5,27H,3H2,1-2H3. The fraction of sp³-hybridized carbons (Fsp3) is 0.929. The molecule has 0 saturated carbocycles. The van der Waals surface area contributed by atoms with Gasteiger partial charge in [-0.15, -0.1) is 0 Å². The number of esters is 2. The summed E-state index contributed by atoms with van der Waals surface area (Å²) in [4.78, 5) is 23.7. The molecule has 0 aromatic rings. The first-order valence-electron chi connectivity index (χ1n) is 15.9. The highest BCUT2D eigenvalue weighted by atomic mass is 19.4. The molecular weight excluding hydrogens is 958 g/mol. The van der Waals surface area contributed by atoms with Crippen LogP contribution in [0.2, 0.25) is 0 Å². The second kappa shape index (κ2) is 15.8. The van der Waals surface area contributed by atoms with E-state index in [9.17, 15) is 129 Å². The van der Waals surface area contributed by atoms with Crippen molar-refractivity contribution in [3.05, 3.63) is 0 Å². The molecule has 62 heavy (non-hydrogen) atoms. The van der Waals surface area contributed by atoms with E-state index in [2.05, 4.69) is 18.9 Å². The maximum atomic E-state index is 14.4. The largest absolute Gasteiger partial charge is 0.462 e. The van der Waals surface area contributed by atoms with Gasteiger partial charge in [0.25, 0.3) is 0 Å². The van der Waals surface area contributed by atoms with Gasteiger partial charge in [0.2, 0.25) is 11.7 Å². The Kier molecular flexibility index (Phi) is 14.6. The number of aliphatic hydroxyl groups excluding tert-OH is 2. The van der Waals surface area contributed by atoms with Crippen LogP contribution in [0.15, 0.2) is 0 Å². The molecule has 2 aliphatic rings. The van der Waals surface area contributed by atoms with Crippen LogP contribution < -0.4 is 0 Å². The normalized spacial score (nSPS) is 32.3. The van der Waals surface area contributed by atoms with E-state index < -0.39 is 138 Å². The summed E-state index contributed by atoms with van der Waals surface area (Å²) in [5.74, 6) is -44.5. The van der Waals surface area contributed by atoms with Crippen molar-refractivity contribution in [1.29, 1.82) is 0 Å². The number of alkyl halides is 26. The Bertz CT molecular complexity index is 1630. The molecule has 0 aromatic carbocycles. The van der Waals surface area contributed by atoms with Crippen molar-refractivity contribution in [1.82, 2.24) is 0 Å². The van der Waals surface area contributed by atoms with Gasteiger partial charge in [0, 0.05) is 0 Å². The summed E-state index contributed by atoms with van der Waals surface area (Å²) in [6.07, 6.45) is -59.2. The molecule has 8 atom stereocenters. The second-order valence-electron chi connectivity index (χ2n) is 13.5. The maximum absolute atomic E-state index is 14.4. The summed E-state index contributed by atoms with van der Waals surface area (Å²) in [5, 5.41) is 18.2. The number of halogens is 26. The Labute approximate surface area is 326 Å². The van der Waals surface area contributed by atoms with Crippen LogP contribution in [0.3, 0.4) is 0 Å². The summed E-state index contributed by atoms with van der Waals surface area (Å²) in [5.41, 5.74) is -13.5. The zero-order valence-electron chi connectivity index (χ0n) is 30.5. The average Bonchev–Trinajstić information content (AvgIpc) is 3.05. The molecule has 2 rings (SSSR count). The summed E-state index contributed by atoms with van der Waals surface area (Å²) in [6, 6.07) is 0. The molecule has 368 valence electrons. The highest BCUT2D eigenvalue weighted by Gasteiger charge is 2.92. The quantitative estimate of drug-likeness (QED) is 0.192. The number of ether oxygens (including phenoxy) is 4. The molecule has 2 aliphatic heterocycles. The fourth-order valence-electron chi connectivity index (χ4n) is 5.14. The van der Waals surface area contributed by atoms with E-state index in [1.54, 1.807) is 0 Å². The van der Waals surface area contributed by atoms with E-state index in [4.69, 9.17) is 5.11 Å². The van der Waals surface area contributed by atoms with Gasteiger partial charge in [-0.3, -0.25) is 9.59 Å². The van der Waals surface area contributed by atoms with E-state index >= 15 is 0 Å². The third kappa shape index (κ3) is 8.26. The first-order valence-corrected chi connectivity index (χ1v) is 15.9. The maximum Gasteiger partial charge on any atom is 0.462 e. The smallest absolute Gasteiger partial charge is 0.417 e. The number of carbonyl (C=O) groups excluding carboxylic acids is 2. The van der Waals surface area contributed by atoms with Gasteiger partial charge in [-0.25, -0.2) is 8.78 Å². The molecule has 0 radical (unpaired) electrons. The van der Waals surface area contributed by atoms with Crippen molar-refractivity contribution in [3.8, 4) is 0 Å². The number of rotatable bonds is 7. The molecule has 34 heteroatoms. The van der Waals surface area contributed by atoms with E-state index in [1.807, 2.05) is 0 Å². The van der Waals surface area contributed by atoms with Gasteiger partial charge in [-0.1, -0.05) is 20.8 Å². The SMILES string of the molecule is CCC(C)(C(=O)OC1(C(F)(F)F)OC(C(F)(F)F)C(F)(F)C(O)C1(F)F)C(F)(F)F.CCC(C)(C(=O)OC1(C(F)(F)F)OC(CC)(C(F)(F)F)C(F)(F)C(O)C1(F)F)C(F)(F)F. The van der Waals surface area contributed by atoms with Gasteiger partial charge >= 0.3 is 84.3 Å². The lowest BCUT2D eigenvalue weighted by molar-refractivity contribution is -0.540. The second-order valence-corrected chi connectivity index (χ2v) is 13.5. The molecule has 8 nitrogen and oxygen atoms in total. The van der Waals surface area contributed by atoms with E-state index in [-0.39, 0.29) is 20.8 Å². The lowest BCUT2D eigenvalue weighted by atomic mass is 9.78. The third-order valence-electron chi connectivity index (χ3n) is 9.80. The lowest BCUT2D eigenvalue weighted by Crippen LogP contribution is -2.83. The predicted molar refractivity (Wildman–Crippen MR) is 142 cm³/mol. The number of hydrogen-bond acceptors (Lipinski definition) is 8. The van der Waals surface area contributed by atoms with Gasteiger partial charge in [0.1, 0.15) is 0 Å². The topological polar surface area (TPSA) is 112 Å². The highest BCUT2D eigenvalue weighted by molar-refractivity contribution is 5.78. The van der Waals surface area contributed by atoms with Crippen molar-refractivity contribution in [2.45, 2.75) is 150 Å². The Hall–Kier alpha value is -3.04. The minimum absolute atomic E-state index is 0.117. The molecule has 2 saturated heterocycles. The molecule has 0 bridgehead atoms. The molecule has 2 fully saturated rings. The van der Waals surface area contributed by atoms with Gasteiger partial charge in [0.15, 0.2) is 23.0 Å². The predicted octanol–water partition coefficient (Wildman–Crippen LogP) is 9.50. The van der Waals surface area contributed by atoms with Crippen molar-refractivity contribution in [2.24, 2.45) is 10.8 Å². The lowest BCUT2D eigenvalue weighted by Gasteiger charge is -2.55. The zero-order valence-corrected chi connectivity index (χ0v) is 30.5. The average molecular weight is 984 g/mol. The molecule has 8 unspecified atom stereocenters. The Morgan fingerprint density at radius 3 is 1.11 bits per heavy atom. The summed E-state index contributed by atoms with van der Waals surface area (Å²) in [7, 11) is 0. The van der Waals surface area contributed by atoms with Gasteiger partial charge in [0.05, 0.1) is 0 Å². The van der Waals surface area contributed by atoms with E-state index in [0.29, 0.717) is 13.8 Å². The van der Waals surface area contributed by atoms with Crippen LogP contribution in [0.4, 0.5) is 114 Å². The molecule has 2 N–H and O–H groups in total. The Balaban J connectivity index is 0.000000621. The molecule has 0 aliphatic carbocycles. The zero-order chi connectivity index (χ0) is 50.3. The van der Waals surface area contributed by atoms with Crippen LogP contribution >= 0.6 is 0 Å². The summed E-state index contributed by atoms with van der Waals surface area (Å²) < 4.78 is 363. The molecular formula is C28H26F26O8.